The van der Waals surface area contributed by atoms with E-state index in [2.05, 4.69) is 15.3 Å². The maximum atomic E-state index is 11.9. The molecule has 0 saturated carbocycles. The maximum absolute atomic E-state index is 11.9. The van der Waals surface area contributed by atoms with E-state index >= 15 is 0 Å². The molecule has 20 heavy (non-hydrogen) atoms. The van der Waals surface area contributed by atoms with Gasteiger partial charge in [0, 0.05) is 12.3 Å². The number of imidazole rings is 1. The fraction of sp³-hybridized carbons (Fsp3) is 0.0714. The standard InChI is InChI=1S/C14H12N4O2/c19-12(9-18-8-4-3-7-13(18)20)17-14-15-10-5-1-2-6-11(10)16-14/h1-8H,9H2,(H2,15,16,17,19). The van der Waals surface area contributed by atoms with Gasteiger partial charge in [0.1, 0.15) is 6.54 Å². The molecular formula is C14H12N4O2. The van der Waals surface area contributed by atoms with Crippen LogP contribution in [0.4, 0.5) is 5.95 Å². The molecule has 0 aliphatic carbocycles. The van der Waals surface area contributed by atoms with Crippen LogP contribution in [0.15, 0.2) is 53.5 Å². The lowest BCUT2D eigenvalue weighted by atomic mass is 10.3. The van der Waals surface area contributed by atoms with Crippen molar-refractivity contribution in [1.29, 1.82) is 0 Å². The second-order valence-corrected chi connectivity index (χ2v) is 4.32. The highest BCUT2D eigenvalue weighted by Crippen LogP contribution is 2.12. The zero-order valence-electron chi connectivity index (χ0n) is 10.5. The van der Waals surface area contributed by atoms with Crippen LogP contribution in [0.3, 0.4) is 0 Å². The Kier molecular flexibility index (Phi) is 3.04. The SMILES string of the molecule is O=C(Cn1ccccc1=O)Nc1nc2ccccc2[nH]1. The fourth-order valence-electron chi connectivity index (χ4n) is 1.93. The van der Waals surface area contributed by atoms with Gasteiger partial charge in [-0.25, -0.2) is 4.98 Å². The number of H-pyrrole nitrogens is 1. The molecular weight excluding hydrogens is 256 g/mol. The molecule has 2 N–H and O–H groups in total. The van der Waals surface area contributed by atoms with Gasteiger partial charge in [-0.05, 0) is 18.2 Å². The first-order valence-corrected chi connectivity index (χ1v) is 6.12. The summed E-state index contributed by atoms with van der Waals surface area (Å²) >= 11 is 0. The number of aromatic amines is 1. The highest BCUT2D eigenvalue weighted by Gasteiger charge is 2.07. The molecule has 3 rings (SSSR count). The number of rotatable bonds is 3. The number of benzene rings is 1. The van der Waals surface area contributed by atoms with Crippen molar-refractivity contribution in [3.8, 4) is 0 Å². The number of hydrogen-bond acceptors (Lipinski definition) is 3. The monoisotopic (exact) mass is 268 g/mol. The Morgan fingerprint density at radius 2 is 2.00 bits per heavy atom. The Morgan fingerprint density at radius 1 is 1.20 bits per heavy atom. The number of anilines is 1. The van der Waals surface area contributed by atoms with Crippen molar-refractivity contribution in [2.24, 2.45) is 0 Å². The fourth-order valence-corrected chi connectivity index (χ4v) is 1.93. The van der Waals surface area contributed by atoms with Crippen molar-refractivity contribution >= 4 is 22.9 Å². The van der Waals surface area contributed by atoms with Crippen molar-refractivity contribution in [2.45, 2.75) is 6.54 Å². The van der Waals surface area contributed by atoms with E-state index in [-0.39, 0.29) is 18.0 Å². The normalized spacial score (nSPS) is 10.6. The van der Waals surface area contributed by atoms with Crippen LogP contribution in [0.5, 0.6) is 0 Å². The average molecular weight is 268 g/mol. The van der Waals surface area contributed by atoms with E-state index in [0.29, 0.717) is 5.95 Å². The highest BCUT2D eigenvalue weighted by atomic mass is 16.2. The number of fused-ring (bicyclic) bond motifs is 1. The Balaban J connectivity index is 1.76. The summed E-state index contributed by atoms with van der Waals surface area (Å²) in [6, 6.07) is 12.2. The number of nitrogens with zero attached hydrogens (tertiary/aromatic N) is 2. The topological polar surface area (TPSA) is 79.8 Å². The lowest BCUT2D eigenvalue weighted by Gasteiger charge is -2.04. The Bertz CT molecular complexity index is 786. The average Bonchev–Trinajstić information content (AvgIpc) is 2.83. The molecule has 2 heterocycles. The largest absolute Gasteiger partial charge is 0.324 e. The van der Waals surface area contributed by atoms with E-state index in [1.165, 1.54) is 10.6 Å². The minimum absolute atomic E-state index is 0.0449. The van der Waals surface area contributed by atoms with Crippen molar-refractivity contribution in [2.75, 3.05) is 5.32 Å². The molecule has 0 bridgehead atoms. The van der Waals surface area contributed by atoms with Crippen LogP contribution in [-0.2, 0) is 11.3 Å². The van der Waals surface area contributed by atoms with E-state index in [1.54, 1.807) is 18.3 Å². The van der Waals surface area contributed by atoms with Gasteiger partial charge in [-0.15, -0.1) is 0 Å². The lowest BCUT2D eigenvalue weighted by molar-refractivity contribution is -0.116. The molecule has 0 unspecified atom stereocenters. The van der Waals surface area contributed by atoms with E-state index in [9.17, 15) is 9.59 Å². The Morgan fingerprint density at radius 3 is 2.80 bits per heavy atom. The number of nitrogens with one attached hydrogen (secondary N) is 2. The van der Waals surface area contributed by atoms with Crippen LogP contribution in [0.2, 0.25) is 0 Å². The van der Waals surface area contributed by atoms with E-state index in [0.717, 1.165) is 11.0 Å². The molecule has 0 radical (unpaired) electrons. The van der Waals surface area contributed by atoms with Crippen molar-refractivity contribution < 1.29 is 4.79 Å². The van der Waals surface area contributed by atoms with Crippen molar-refractivity contribution in [3.63, 3.8) is 0 Å². The van der Waals surface area contributed by atoms with Crippen LogP contribution < -0.4 is 10.9 Å². The van der Waals surface area contributed by atoms with Gasteiger partial charge in [-0.1, -0.05) is 18.2 Å². The van der Waals surface area contributed by atoms with E-state index in [1.807, 2.05) is 24.3 Å². The number of carbonyl (C=O) groups excluding carboxylic acids is 1. The quantitative estimate of drug-likeness (QED) is 0.752. The molecule has 0 aliphatic heterocycles. The molecule has 6 nitrogen and oxygen atoms in total. The van der Waals surface area contributed by atoms with Gasteiger partial charge < -0.3 is 9.55 Å². The second-order valence-electron chi connectivity index (χ2n) is 4.32. The number of amides is 1. The van der Waals surface area contributed by atoms with E-state index < -0.39 is 0 Å². The maximum Gasteiger partial charge on any atom is 0.250 e. The number of carbonyl (C=O) groups is 1. The van der Waals surface area contributed by atoms with Gasteiger partial charge in [-0.3, -0.25) is 14.9 Å². The number of hydrogen-bond donors (Lipinski definition) is 2. The molecule has 1 aromatic carbocycles. The minimum Gasteiger partial charge on any atom is -0.324 e. The summed E-state index contributed by atoms with van der Waals surface area (Å²) in [5, 5.41) is 2.64. The molecule has 3 aromatic rings. The minimum atomic E-state index is -0.308. The molecule has 2 aromatic heterocycles. The summed E-state index contributed by atoms with van der Waals surface area (Å²) < 4.78 is 1.33. The zero-order chi connectivity index (χ0) is 13.9. The van der Waals surface area contributed by atoms with Gasteiger partial charge in [-0.2, -0.15) is 0 Å². The van der Waals surface area contributed by atoms with Crippen LogP contribution >= 0.6 is 0 Å². The van der Waals surface area contributed by atoms with Crippen molar-refractivity contribution in [3.05, 3.63) is 59.0 Å². The third kappa shape index (κ3) is 2.44. The Hall–Kier alpha value is -2.89. The van der Waals surface area contributed by atoms with Gasteiger partial charge in [0.25, 0.3) is 5.56 Å². The number of pyridine rings is 1. The first-order valence-electron chi connectivity index (χ1n) is 6.12. The second kappa shape index (κ2) is 5.00. The molecule has 6 heteroatoms. The summed E-state index contributed by atoms with van der Waals surface area (Å²) in [4.78, 5) is 30.6. The lowest BCUT2D eigenvalue weighted by Crippen LogP contribution is -2.26. The first kappa shape index (κ1) is 12.2. The molecule has 0 atom stereocenters. The van der Waals surface area contributed by atoms with Crippen LogP contribution in [-0.4, -0.2) is 20.4 Å². The van der Waals surface area contributed by atoms with Gasteiger partial charge in [0.05, 0.1) is 11.0 Å². The first-order chi connectivity index (χ1) is 9.72. The molecule has 0 aliphatic rings. The molecule has 0 saturated heterocycles. The molecule has 100 valence electrons. The highest BCUT2D eigenvalue weighted by molar-refractivity contribution is 5.90. The smallest absolute Gasteiger partial charge is 0.250 e. The zero-order valence-corrected chi connectivity index (χ0v) is 10.5. The van der Waals surface area contributed by atoms with Gasteiger partial charge in [0.2, 0.25) is 11.9 Å². The molecule has 0 spiro atoms. The summed E-state index contributed by atoms with van der Waals surface area (Å²) in [5.41, 5.74) is 1.41. The van der Waals surface area contributed by atoms with Crippen LogP contribution in [0, 0.1) is 0 Å². The van der Waals surface area contributed by atoms with Crippen LogP contribution in [0.1, 0.15) is 0 Å². The summed E-state index contributed by atoms with van der Waals surface area (Å²) in [5.74, 6) is 0.0672. The van der Waals surface area contributed by atoms with Crippen LogP contribution in [0.25, 0.3) is 11.0 Å². The Labute approximate surface area is 114 Å². The van der Waals surface area contributed by atoms with Crippen molar-refractivity contribution in [1.82, 2.24) is 14.5 Å². The predicted molar refractivity (Wildman–Crippen MR) is 75.4 cm³/mol. The van der Waals surface area contributed by atoms with Gasteiger partial charge >= 0.3 is 0 Å². The summed E-state index contributed by atoms with van der Waals surface area (Å²) in [6.45, 7) is -0.0449. The summed E-state index contributed by atoms with van der Waals surface area (Å²) in [7, 11) is 0. The van der Waals surface area contributed by atoms with Gasteiger partial charge in [0.15, 0.2) is 0 Å². The number of para-hydroxylation sites is 2. The van der Waals surface area contributed by atoms with E-state index in [4.69, 9.17) is 0 Å². The molecule has 0 fully saturated rings. The summed E-state index contributed by atoms with van der Waals surface area (Å²) in [6.07, 6.45) is 1.57. The predicted octanol–water partition coefficient (Wildman–Crippen LogP) is 1.36. The molecule has 1 amide bonds. The third-order valence-corrected chi connectivity index (χ3v) is 2.86. The number of aromatic nitrogens is 3. The third-order valence-electron chi connectivity index (χ3n) is 2.86.